The summed E-state index contributed by atoms with van der Waals surface area (Å²) in [6.07, 6.45) is 3.03. The maximum absolute atomic E-state index is 13.5. The second-order valence-electron chi connectivity index (χ2n) is 7.16. The van der Waals surface area contributed by atoms with Gasteiger partial charge in [-0.05, 0) is 73.9 Å². The van der Waals surface area contributed by atoms with Crippen molar-refractivity contribution >= 4 is 33.2 Å². The average Bonchev–Trinajstić information content (AvgIpc) is 2.74. The number of rotatable bonds is 7. The molecular weight excluding hydrogens is 418 g/mol. The first-order chi connectivity index (χ1) is 14.3. The maximum atomic E-state index is 13.5. The standard InChI is InChI=1S/C24H24ClNO3S/c1-3-4-5-19-8-14-22(15-9-19)26(24(27)20-10-12-21(25)13-11-20)30(28,29)23-16-6-18(2)7-17-23/h6-17H,3-5H2,1-2H3. The molecule has 0 heterocycles. The Balaban J connectivity index is 2.07. The normalized spacial score (nSPS) is 11.3. The molecule has 0 saturated heterocycles. The van der Waals surface area contributed by atoms with E-state index in [1.54, 1.807) is 36.4 Å². The lowest BCUT2D eigenvalue weighted by Gasteiger charge is -2.23. The fourth-order valence-corrected chi connectivity index (χ4v) is 4.61. The topological polar surface area (TPSA) is 54.5 Å². The summed E-state index contributed by atoms with van der Waals surface area (Å²) in [7, 11) is -4.11. The molecule has 156 valence electrons. The van der Waals surface area contributed by atoms with Crippen LogP contribution in [0.3, 0.4) is 0 Å². The maximum Gasteiger partial charge on any atom is 0.272 e. The molecule has 0 aliphatic heterocycles. The molecule has 0 spiro atoms. The molecule has 0 radical (unpaired) electrons. The van der Waals surface area contributed by atoms with E-state index in [-0.39, 0.29) is 10.5 Å². The van der Waals surface area contributed by atoms with E-state index in [2.05, 4.69) is 6.92 Å². The second kappa shape index (κ2) is 9.45. The van der Waals surface area contributed by atoms with Gasteiger partial charge < -0.3 is 0 Å². The zero-order chi connectivity index (χ0) is 21.7. The van der Waals surface area contributed by atoms with Crippen LogP contribution in [0.2, 0.25) is 5.02 Å². The van der Waals surface area contributed by atoms with Gasteiger partial charge >= 0.3 is 0 Å². The summed E-state index contributed by atoms with van der Waals surface area (Å²) >= 11 is 5.93. The highest BCUT2D eigenvalue weighted by Gasteiger charge is 2.31. The molecule has 30 heavy (non-hydrogen) atoms. The van der Waals surface area contributed by atoms with Crippen LogP contribution in [0.15, 0.2) is 77.7 Å². The Kier molecular flexibility index (Phi) is 6.95. The lowest BCUT2D eigenvalue weighted by molar-refractivity contribution is 0.101. The van der Waals surface area contributed by atoms with Crippen molar-refractivity contribution in [1.82, 2.24) is 0 Å². The highest BCUT2D eigenvalue weighted by atomic mass is 35.5. The highest BCUT2D eigenvalue weighted by molar-refractivity contribution is 7.93. The number of sulfonamides is 1. The molecule has 3 aromatic carbocycles. The SMILES string of the molecule is CCCCc1ccc(N(C(=O)c2ccc(Cl)cc2)S(=O)(=O)c2ccc(C)cc2)cc1. The Morgan fingerprint density at radius 3 is 2.07 bits per heavy atom. The van der Waals surface area contributed by atoms with Crippen LogP contribution >= 0.6 is 11.6 Å². The number of hydrogen-bond acceptors (Lipinski definition) is 3. The Bertz CT molecular complexity index is 1110. The number of hydrogen-bond donors (Lipinski definition) is 0. The number of unbranched alkanes of at least 4 members (excludes halogenated alkanes) is 1. The Morgan fingerprint density at radius 1 is 0.900 bits per heavy atom. The summed E-state index contributed by atoms with van der Waals surface area (Å²) in [5, 5.41) is 0.472. The lowest BCUT2D eigenvalue weighted by Crippen LogP contribution is -2.37. The Labute approximate surface area is 183 Å². The average molecular weight is 442 g/mol. The summed E-state index contributed by atoms with van der Waals surface area (Å²) in [5.41, 5.74) is 2.58. The number of anilines is 1. The van der Waals surface area contributed by atoms with Gasteiger partial charge in [0.05, 0.1) is 10.6 Å². The first-order valence-electron chi connectivity index (χ1n) is 9.84. The van der Waals surface area contributed by atoms with Crippen molar-refractivity contribution in [1.29, 1.82) is 0 Å². The molecule has 4 nitrogen and oxygen atoms in total. The molecule has 0 atom stereocenters. The monoisotopic (exact) mass is 441 g/mol. The van der Waals surface area contributed by atoms with Crippen molar-refractivity contribution in [3.05, 3.63) is 94.5 Å². The van der Waals surface area contributed by atoms with Crippen molar-refractivity contribution in [3.63, 3.8) is 0 Å². The number of aryl methyl sites for hydroxylation is 2. The molecular formula is C24H24ClNO3S. The van der Waals surface area contributed by atoms with Gasteiger partial charge in [-0.3, -0.25) is 4.79 Å². The minimum Gasteiger partial charge on any atom is -0.268 e. The molecule has 3 aromatic rings. The molecule has 0 aliphatic carbocycles. The quantitative estimate of drug-likeness (QED) is 0.450. The van der Waals surface area contributed by atoms with Gasteiger partial charge in [-0.25, -0.2) is 8.42 Å². The minimum absolute atomic E-state index is 0.0606. The van der Waals surface area contributed by atoms with Crippen molar-refractivity contribution in [3.8, 4) is 0 Å². The summed E-state index contributed by atoms with van der Waals surface area (Å²) in [6, 6.07) is 19.8. The van der Waals surface area contributed by atoms with Crippen LogP contribution in [0.5, 0.6) is 0 Å². The van der Waals surface area contributed by atoms with Crippen molar-refractivity contribution < 1.29 is 13.2 Å². The van der Waals surface area contributed by atoms with E-state index in [0.29, 0.717) is 10.7 Å². The van der Waals surface area contributed by atoms with Gasteiger partial charge in [-0.15, -0.1) is 0 Å². The lowest BCUT2D eigenvalue weighted by atomic mass is 10.1. The smallest absolute Gasteiger partial charge is 0.268 e. The third-order valence-corrected chi connectivity index (χ3v) is 6.80. The molecule has 0 fully saturated rings. The van der Waals surface area contributed by atoms with Crippen LogP contribution < -0.4 is 4.31 Å². The summed E-state index contributed by atoms with van der Waals surface area (Å²) < 4.78 is 27.8. The number of benzene rings is 3. The number of halogens is 1. The predicted octanol–water partition coefficient (Wildman–Crippen LogP) is 6.03. The van der Waals surface area contributed by atoms with E-state index in [0.717, 1.165) is 34.7 Å². The van der Waals surface area contributed by atoms with Crippen LogP contribution in [0, 0.1) is 6.92 Å². The Hall–Kier alpha value is -2.63. The summed E-state index contributed by atoms with van der Waals surface area (Å²) in [4.78, 5) is 13.4. The molecule has 0 unspecified atom stereocenters. The molecule has 3 rings (SSSR count). The molecule has 0 aliphatic rings. The van der Waals surface area contributed by atoms with Crippen LogP contribution in [-0.4, -0.2) is 14.3 Å². The van der Waals surface area contributed by atoms with Gasteiger partial charge in [0.15, 0.2) is 0 Å². The molecule has 1 amide bonds. The van der Waals surface area contributed by atoms with E-state index in [9.17, 15) is 13.2 Å². The second-order valence-corrected chi connectivity index (χ2v) is 9.39. The van der Waals surface area contributed by atoms with E-state index < -0.39 is 15.9 Å². The summed E-state index contributed by atoms with van der Waals surface area (Å²) in [6.45, 7) is 4.00. The third-order valence-electron chi connectivity index (χ3n) is 4.82. The number of carbonyl (C=O) groups excluding carboxylic acids is 1. The van der Waals surface area contributed by atoms with Crippen LogP contribution in [-0.2, 0) is 16.4 Å². The first-order valence-corrected chi connectivity index (χ1v) is 11.7. The minimum atomic E-state index is -4.11. The van der Waals surface area contributed by atoms with Crippen LogP contribution in [0.4, 0.5) is 5.69 Å². The van der Waals surface area contributed by atoms with Crippen molar-refractivity contribution in [2.24, 2.45) is 0 Å². The fourth-order valence-electron chi connectivity index (χ4n) is 3.07. The van der Waals surface area contributed by atoms with Crippen LogP contribution in [0.25, 0.3) is 0 Å². The predicted molar refractivity (Wildman–Crippen MR) is 122 cm³/mol. The van der Waals surface area contributed by atoms with Gasteiger partial charge in [0.25, 0.3) is 15.9 Å². The largest absolute Gasteiger partial charge is 0.272 e. The van der Waals surface area contributed by atoms with Crippen molar-refractivity contribution in [2.45, 2.75) is 38.0 Å². The molecule has 0 saturated carbocycles. The first kappa shape index (κ1) is 22.1. The van der Waals surface area contributed by atoms with E-state index in [4.69, 9.17) is 11.6 Å². The number of carbonyl (C=O) groups is 1. The number of amides is 1. The van der Waals surface area contributed by atoms with Gasteiger partial charge in [-0.2, -0.15) is 4.31 Å². The van der Waals surface area contributed by atoms with Gasteiger partial charge in [0, 0.05) is 10.6 Å². The Morgan fingerprint density at radius 2 is 1.50 bits per heavy atom. The van der Waals surface area contributed by atoms with E-state index in [1.807, 2.05) is 19.1 Å². The zero-order valence-corrected chi connectivity index (χ0v) is 18.6. The third kappa shape index (κ3) is 4.91. The van der Waals surface area contributed by atoms with Gasteiger partial charge in [0.2, 0.25) is 0 Å². The van der Waals surface area contributed by atoms with E-state index in [1.165, 1.54) is 24.3 Å². The molecule has 6 heteroatoms. The number of nitrogens with zero attached hydrogens (tertiary/aromatic N) is 1. The van der Waals surface area contributed by atoms with Gasteiger partial charge in [0.1, 0.15) is 0 Å². The molecule has 0 bridgehead atoms. The van der Waals surface area contributed by atoms with Crippen LogP contribution in [0.1, 0.15) is 41.3 Å². The highest BCUT2D eigenvalue weighted by Crippen LogP contribution is 2.27. The van der Waals surface area contributed by atoms with Crippen molar-refractivity contribution in [2.75, 3.05) is 4.31 Å². The molecule has 0 N–H and O–H groups in total. The van der Waals surface area contributed by atoms with Gasteiger partial charge in [-0.1, -0.05) is 54.8 Å². The summed E-state index contributed by atoms with van der Waals surface area (Å²) in [5.74, 6) is -0.631. The fraction of sp³-hybridized carbons (Fsp3) is 0.208. The van der Waals surface area contributed by atoms with E-state index >= 15 is 0 Å². The zero-order valence-electron chi connectivity index (χ0n) is 17.0. The molecule has 0 aromatic heterocycles.